The lowest BCUT2D eigenvalue weighted by Gasteiger charge is -2.12. The van der Waals surface area contributed by atoms with Crippen molar-refractivity contribution in [3.05, 3.63) is 124 Å². The van der Waals surface area contributed by atoms with Crippen LogP contribution in [0, 0.1) is 0 Å². The van der Waals surface area contributed by atoms with Gasteiger partial charge in [0.2, 0.25) is 5.95 Å². The van der Waals surface area contributed by atoms with Crippen LogP contribution < -0.4 is 0 Å². The maximum atomic E-state index is 12.5. The summed E-state index contributed by atoms with van der Waals surface area (Å²) in [6, 6.07) is 39.3. The third kappa shape index (κ3) is 4.09. The highest BCUT2D eigenvalue weighted by molar-refractivity contribution is 9.13. The van der Waals surface area contributed by atoms with E-state index in [1.807, 2.05) is 54.6 Å². The minimum absolute atomic E-state index is 0.458. The van der Waals surface area contributed by atoms with E-state index >= 15 is 0 Å². The molecule has 0 unspecified atom stereocenters. The smallest absolute Gasteiger partial charge is 0.419 e. The minimum Gasteiger partial charge on any atom is -0.452 e. The Hall–Kier alpha value is -4.79. The third-order valence-corrected chi connectivity index (χ3v) is 10.1. The average Bonchev–Trinajstić information content (AvgIpc) is 3.54. The van der Waals surface area contributed by atoms with Crippen LogP contribution in [0.15, 0.2) is 124 Å². The summed E-state index contributed by atoms with van der Waals surface area (Å²) in [6.07, 6.45) is -0.458. The number of aromatic nitrogens is 4. The molecular formula is C36H22Br2N4O2. The Morgan fingerprint density at radius 1 is 0.636 bits per heavy atom. The van der Waals surface area contributed by atoms with Crippen molar-refractivity contribution < 1.29 is 9.53 Å². The van der Waals surface area contributed by atoms with Crippen LogP contribution in [-0.2, 0) is 4.74 Å². The van der Waals surface area contributed by atoms with E-state index in [-0.39, 0.29) is 0 Å². The van der Waals surface area contributed by atoms with Gasteiger partial charge in [0.05, 0.1) is 39.3 Å². The van der Waals surface area contributed by atoms with Gasteiger partial charge in [0.1, 0.15) is 4.60 Å². The summed E-state index contributed by atoms with van der Waals surface area (Å²) in [6.45, 7) is 0. The first-order valence-electron chi connectivity index (χ1n) is 14.0. The van der Waals surface area contributed by atoms with Crippen molar-refractivity contribution in [1.29, 1.82) is 0 Å². The van der Waals surface area contributed by atoms with Gasteiger partial charge in [0.25, 0.3) is 0 Å². The molecule has 212 valence electrons. The Bertz CT molecular complexity index is 2430. The van der Waals surface area contributed by atoms with E-state index < -0.39 is 6.09 Å². The van der Waals surface area contributed by atoms with Crippen LogP contribution >= 0.6 is 31.9 Å². The van der Waals surface area contributed by atoms with E-state index in [1.54, 1.807) is 0 Å². The van der Waals surface area contributed by atoms with Gasteiger partial charge in [-0.15, -0.1) is 0 Å². The molecular weight excluding hydrogens is 680 g/mol. The fourth-order valence-electron chi connectivity index (χ4n) is 6.02. The van der Waals surface area contributed by atoms with E-state index in [1.165, 1.54) is 11.7 Å². The van der Waals surface area contributed by atoms with E-state index in [9.17, 15) is 4.79 Å². The molecule has 0 atom stereocenters. The fraction of sp³-hybridized carbons (Fsp3) is 0.0278. The zero-order valence-electron chi connectivity index (χ0n) is 23.3. The van der Waals surface area contributed by atoms with E-state index in [2.05, 4.69) is 97.1 Å². The lowest BCUT2D eigenvalue weighted by atomic mass is 10.0. The standard InChI is InChI=1S/C36H22Br2N4O2/c1-44-36(43)42-31-18-16-23(20-27(31)32(37)34(42)38)22-15-17-30-26(19-22)24-11-6-8-14-29(24)41(30)35-39-28-13-7-5-12-25(28)33(40-35)21-9-3-2-4-10-21/h2-20H,1H3. The molecule has 0 aliphatic heterocycles. The zero-order valence-corrected chi connectivity index (χ0v) is 26.5. The van der Waals surface area contributed by atoms with Crippen LogP contribution in [-0.4, -0.2) is 32.3 Å². The predicted molar refractivity (Wildman–Crippen MR) is 183 cm³/mol. The molecule has 5 aromatic carbocycles. The molecule has 3 aromatic heterocycles. The van der Waals surface area contributed by atoms with E-state index in [0.717, 1.165) is 70.5 Å². The molecule has 8 heteroatoms. The molecule has 0 aliphatic rings. The molecule has 0 saturated carbocycles. The Labute approximate surface area is 268 Å². The molecule has 0 radical (unpaired) electrons. The van der Waals surface area contributed by atoms with Gasteiger partial charge in [-0.2, -0.15) is 0 Å². The summed E-state index contributed by atoms with van der Waals surface area (Å²) in [5, 5.41) is 4.13. The van der Waals surface area contributed by atoms with Crippen LogP contribution in [0.3, 0.4) is 0 Å². The molecule has 0 bridgehead atoms. The number of benzene rings is 5. The van der Waals surface area contributed by atoms with Crippen LogP contribution in [0.25, 0.3) is 71.9 Å². The molecule has 6 nitrogen and oxygen atoms in total. The molecule has 0 fully saturated rings. The minimum atomic E-state index is -0.458. The van der Waals surface area contributed by atoms with Crippen molar-refractivity contribution in [2.45, 2.75) is 0 Å². The number of carbonyl (C=O) groups is 1. The first kappa shape index (κ1) is 26.8. The first-order valence-corrected chi connectivity index (χ1v) is 15.6. The number of rotatable bonds is 3. The van der Waals surface area contributed by atoms with Gasteiger partial charge in [0, 0.05) is 27.1 Å². The topological polar surface area (TPSA) is 61.9 Å². The number of para-hydroxylation sites is 2. The number of methoxy groups -OCH3 is 1. The first-order chi connectivity index (χ1) is 21.5. The maximum Gasteiger partial charge on any atom is 0.419 e. The van der Waals surface area contributed by atoms with Crippen molar-refractivity contribution in [2.24, 2.45) is 0 Å². The van der Waals surface area contributed by atoms with Crippen LogP contribution in [0.2, 0.25) is 0 Å². The molecule has 0 spiro atoms. The molecule has 8 aromatic rings. The van der Waals surface area contributed by atoms with Crippen LogP contribution in [0.5, 0.6) is 0 Å². The Balaban J connectivity index is 1.34. The Morgan fingerprint density at radius 3 is 2.05 bits per heavy atom. The van der Waals surface area contributed by atoms with Crippen molar-refractivity contribution in [2.75, 3.05) is 7.11 Å². The molecule has 3 heterocycles. The number of halogens is 2. The van der Waals surface area contributed by atoms with Gasteiger partial charge in [-0.05, 0) is 79.4 Å². The number of fused-ring (bicyclic) bond motifs is 5. The van der Waals surface area contributed by atoms with Gasteiger partial charge >= 0.3 is 6.09 Å². The number of nitrogens with zero attached hydrogens (tertiary/aromatic N) is 4. The molecule has 0 amide bonds. The second-order valence-corrected chi connectivity index (χ2v) is 12.0. The normalized spacial score (nSPS) is 11.6. The van der Waals surface area contributed by atoms with Crippen molar-refractivity contribution in [1.82, 2.24) is 19.1 Å². The third-order valence-electron chi connectivity index (χ3n) is 8.05. The summed E-state index contributed by atoms with van der Waals surface area (Å²) in [4.78, 5) is 22.7. The number of hydrogen-bond donors (Lipinski definition) is 0. The average molecular weight is 702 g/mol. The molecule has 8 rings (SSSR count). The Morgan fingerprint density at radius 2 is 1.27 bits per heavy atom. The molecule has 0 saturated heterocycles. The quantitative estimate of drug-likeness (QED) is 0.184. The zero-order chi connectivity index (χ0) is 29.9. The molecule has 0 N–H and O–H groups in total. The van der Waals surface area contributed by atoms with E-state index in [0.29, 0.717) is 10.6 Å². The van der Waals surface area contributed by atoms with Crippen molar-refractivity contribution in [3.63, 3.8) is 0 Å². The maximum absolute atomic E-state index is 12.5. The predicted octanol–water partition coefficient (Wildman–Crippen LogP) is 10.2. The molecule has 0 aliphatic carbocycles. The van der Waals surface area contributed by atoms with Crippen LogP contribution in [0.1, 0.15) is 0 Å². The van der Waals surface area contributed by atoms with Gasteiger partial charge in [-0.3, -0.25) is 4.57 Å². The summed E-state index contributed by atoms with van der Waals surface area (Å²) in [5.41, 5.74) is 7.72. The second-order valence-electron chi connectivity index (χ2n) is 10.5. The summed E-state index contributed by atoms with van der Waals surface area (Å²) in [5.74, 6) is 0.626. The summed E-state index contributed by atoms with van der Waals surface area (Å²) in [7, 11) is 1.37. The monoisotopic (exact) mass is 700 g/mol. The SMILES string of the molecule is COC(=O)n1c(Br)c(Br)c2cc(-c3ccc4c(c3)c3ccccc3n4-c3nc(-c4ccccc4)c4ccccc4n3)ccc21. The number of hydrogen-bond acceptors (Lipinski definition) is 4. The largest absolute Gasteiger partial charge is 0.452 e. The van der Waals surface area contributed by atoms with Gasteiger partial charge in [-0.1, -0.05) is 78.9 Å². The number of carbonyl (C=O) groups excluding carboxylic acids is 1. The lowest BCUT2D eigenvalue weighted by Crippen LogP contribution is -2.11. The highest BCUT2D eigenvalue weighted by Crippen LogP contribution is 2.39. The summed E-state index contributed by atoms with van der Waals surface area (Å²) < 4.78 is 10.1. The van der Waals surface area contributed by atoms with Crippen molar-refractivity contribution in [3.8, 4) is 28.3 Å². The lowest BCUT2D eigenvalue weighted by molar-refractivity contribution is 0.173. The highest BCUT2D eigenvalue weighted by Gasteiger charge is 2.21. The summed E-state index contributed by atoms with van der Waals surface area (Å²) >= 11 is 7.19. The van der Waals surface area contributed by atoms with Gasteiger partial charge < -0.3 is 4.74 Å². The van der Waals surface area contributed by atoms with Crippen LogP contribution in [0.4, 0.5) is 4.79 Å². The second kappa shape index (κ2) is 10.4. The van der Waals surface area contributed by atoms with Gasteiger partial charge in [0.15, 0.2) is 0 Å². The highest BCUT2D eigenvalue weighted by atomic mass is 79.9. The van der Waals surface area contributed by atoms with Gasteiger partial charge in [-0.25, -0.2) is 19.3 Å². The fourth-order valence-corrected chi connectivity index (χ4v) is 7.06. The Kier molecular flexibility index (Phi) is 6.36. The van der Waals surface area contributed by atoms with Crippen molar-refractivity contribution >= 4 is 81.6 Å². The van der Waals surface area contributed by atoms with E-state index in [4.69, 9.17) is 14.7 Å². The number of ether oxygens (including phenoxy) is 1. The molecule has 44 heavy (non-hydrogen) atoms.